The Kier molecular flexibility index (Phi) is 9.52. The molecule has 228 valence electrons. The Morgan fingerprint density at radius 2 is 1.88 bits per heavy atom. The summed E-state index contributed by atoms with van der Waals surface area (Å²) in [6, 6.07) is 9.90. The Hall–Kier alpha value is -3.17. The number of amides is 1. The highest BCUT2D eigenvalue weighted by atomic mass is 35.5. The van der Waals surface area contributed by atoms with Gasteiger partial charge in [-0.05, 0) is 49.4 Å². The maximum absolute atomic E-state index is 13.4. The third-order valence-electron chi connectivity index (χ3n) is 7.08. The van der Waals surface area contributed by atoms with Crippen LogP contribution in [0, 0.1) is 5.92 Å². The van der Waals surface area contributed by atoms with Gasteiger partial charge in [0.2, 0.25) is 15.9 Å². The monoisotopic (exact) mass is 639 g/mol. The number of likely N-dealkylation sites (N-methyl/N-ethyl adjacent to an activating group) is 1. The largest absolute Gasteiger partial charge is 0.488 e. The van der Waals surface area contributed by atoms with E-state index in [1.54, 1.807) is 20.0 Å². The van der Waals surface area contributed by atoms with Crippen molar-refractivity contribution in [3.8, 4) is 5.75 Å². The van der Waals surface area contributed by atoms with Gasteiger partial charge in [0.25, 0.3) is 10.0 Å². The van der Waals surface area contributed by atoms with Crippen molar-refractivity contribution in [2.24, 2.45) is 13.0 Å². The molecule has 0 saturated heterocycles. The molecule has 2 heterocycles. The van der Waals surface area contributed by atoms with Crippen LogP contribution in [0.4, 0.5) is 5.69 Å². The van der Waals surface area contributed by atoms with E-state index in [4.69, 9.17) is 16.3 Å². The number of aliphatic hydroxyl groups is 1. The van der Waals surface area contributed by atoms with Crippen LogP contribution in [0.3, 0.4) is 0 Å². The number of ether oxygens (including phenoxy) is 1. The minimum atomic E-state index is -4.00. The number of hydrogen-bond acceptors (Lipinski definition) is 8. The number of carbonyl (C=O) groups excluding carboxylic acids is 1. The normalized spacial score (nSPS) is 18.9. The average molecular weight is 640 g/mol. The molecule has 0 unspecified atom stereocenters. The molecule has 0 aliphatic carbocycles. The number of nitrogens with one attached hydrogen (secondary N) is 1. The number of aryl methyl sites for hydroxylation is 1. The third-order valence-corrected chi connectivity index (χ3v) is 10.4. The van der Waals surface area contributed by atoms with E-state index in [0.29, 0.717) is 16.3 Å². The molecule has 1 aliphatic rings. The molecule has 4 rings (SSSR count). The molecule has 1 aliphatic heterocycles. The van der Waals surface area contributed by atoms with Gasteiger partial charge in [0.1, 0.15) is 11.9 Å². The van der Waals surface area contributed by atoms with Crippen molar-refractivity contribution in [1.29, 1.82) is 0 Å². The summed E-state index contributed by atoms with van der Waals surface area (Å²) in [6.45, 7) is 3.44. The zero-order valence-electron chi connectivity index (χ0n) is 23.6. The molecule has 3 atom stereocenters. The highest BCUT2D eigenvalue weighted by Gasteiger charge is 2.33. The summed E-state index contributed by atoms with van der Waals surface area (Å²) in [5, 5.41) is 10.1. The molecule has 0 saturated carbocycles. The molecule has 2 aromatic carbocycles. The van der Waals surface area contributed by atoms with E-state index in [9.17, 15) is 26.7 Å². The summed E-state index contributed by atoms with van der Waals surface area (Å²) in [6.07, 6.45) is 1.90. The molecule has 2 N–H and O–H groups in total. The number of nitrogens with zero attached hydrogens (tertiary/aromatic N) is 4. The molecule has 0 bridgehead atoms. The molecule has 0 radical (unpaired) electrons. The first-order valence-corrected chi connectivity index (χ1v) is 16.4. The lowest BCUT2D eigenvalue weighted by atomic mass is 10.0. The minimum absolute atomic E-state index is 0.0465. The van der Waals surface area contributed by atoms with Crippen molar-refractivity contribution >= 4 is 43.2 Å². The molecule has 0 spiro atoms. The number of benzene rings is 2. The van der Waals surface area contributed by atoms with E-state index in [1.165, 1.54) is 69.7 Å². The highest BCUT2D eigenvalue weighted by Crippen LogP contribution is 2.30. The van der Waals surface area contributed by atoms with Crippen LogP contribution in [0.15, 0.2) is 64.9 Å². The van der Waals surface area contributed by atoms with Gasteiger partial charge in [-0.2, -0.15) is 12.7 Å². The van der Waals surface area contributed by atoms with Crippen molar-refractivity contribution in [2.45, 2.75) is 42.3 Å². The first-order valence-electron chi connectivity index (χ1n) is 13.1. The summed E-state index contributed by atoms with van der Waals surface area (Å²) in [5.41, 5.74) is 0.600. The molecule has 0 fully saturated rings. The van der Waals surface area contributed by atoms with Gasteiger partial charge in [-0.25, -0.2) is 13.4 Å². The van der Waals surface area contributed by atoms with Crippen molar-refractivity contribution in [1.82, 2.24) is 18.8 Å². The first-order chi connectivity index (χ1) is 19.7. The van der Waals surface area contributed by atoms with Gasteiger partial charge in [0, 0.05) is 49.0 Å². The quantitative estimate of drug-likeness (QED) is 0.362. The van der Waals surface area contributed by atoms with Crippen LogP contribution in [0.1, 0.15) is 19.4 Å². The van der Waals surface area contributed by atoms with Crippen LogP contribution in [0.25, 0.3) is 0 Å². The van der Waals surface area contributed by atoms with Crippen LogP contribution in [-0.2, 0) is 38.3 Å². The van der Waals surface area contributed by atoms with Gasteiger partial charge in [0.15, 0.2) is 5.03 Å². The van der Waals surface area contributed by atoms with Gasteiger partial charge in [-0.1, -0.05) is 18.5 Å². The minimum Gasteiger partial charge on any atom is -0.488 e. The number of aromatic nitrogens is 2. The number of halogens is 1. The fourth-order valence-corrected chi connectivity index (χ4v) is 6.93. The standard InChI is InChI=1S/C27H34ClN5O7S2/c1-18-13-33(19(2)16-34)27(35)12-20-11-22(30-41(36,37)26-15-31(3)17-29-26)7-10-24(20)40-25(18)14-32(4)42(38,39)23-8-5-21(28)6-9-23/h5-11,15,17-19,25,30,34H,12-14,16H2,1-4H3/t18-,19+,25-/m1/s1. The number of hydrogen-bond donors (Lipinski definition) is 2. The van der Waals surface area contributed by atoms with Gasteiger partial charge in [-0.15, -0.1) is 0 Å². The third kappa shape index (κ3) is 7.06. The lowest BCUT2D eigenvalue weighted by Gasteiger charge is -2.33. The second-order valence-corrected chi connectivity index (χ2v) is 14.5. The maximum atomic E-state index is 13.4. The Bertz CT molecular complexity index is 1650. The Morgan fingerprint density at radius 3 is 2.50 bits per heavy atom. The van der Waals surface area contributed by atoms with E-state index in [-0.39, 0.29) is 53.6 Å². The first kappa shape index (κ1) is 31.8. The second kappa shape index (κ2) is 12.6. The molecule has 1 aromatic heterocycles. The van der Waals surface area contributed by atoms with E-state index in [2.05, 4.69) is 9.71 Å². The van der Waals surface area contributed by atoms with Crippen LogP contribution >= 0.6 is 11.6 Å². The molecule has 3 aromatic rings. The summed E-state index contributed by atoms with van der Waals surface area (Å²) in [4.78, 5) is 18.9. The van der Waals surface area contributed by atoms with Crippen molar-refractivity contribution < 1.29 is 31.5 Å². The van der Waals surface area contributed by atoms with E-state index < -0.39 is 32.2 Å². The predicted octanol–water partition coefficient (Wildman–Crippen LogP) is 2.34. The van der Waals surface area contributed by atoms with Crippen LogP contribution in [0.2, 0.25) is 5.02 Å². The average Bonchev–Trinajstić information content (AvgIpc) is 3.40. The molecule has 1 amide bonds. The molecule has 42 heavy (non-hydrogen) atoms. The zero-order chi connectivity index (χ0) is 30.8. The van der Waals surface area contributed by atoms with Crippen LogP contribution in [0.5, 0.6) is 5.75 Å². The van der Waals surface area contributed by atoms with E-state index >= 15 is 0 Å². The van der Waals surface area contributed by atoms with Crippen LogP contribution in [-0.4, -0.2) is 85.5 Å². The Morgan fingerprint density at radius 1 is 1.19 bits per heavy atom. The molecule has 15 heteroatoms. The topological polar surface area (TPSA) is 151 Å². The van der Waals surface area contributed by atoms with Gasteiger partial charge >= 0.3 is 0 Å². The van der Waals surface area contributed by atoms with Gasteiger partial charge in [0.05, 0.1) is 36.8 Å². The zero-order valence-corrected chi connectivity index (χ0v) is 26.0. The lowest BCUT2D eigenvalue weighted by Crippen LogP contribution is -2.48. The number of rotatable bonds is 9. The van der Waals surface area contributed by atoms with Crippen molar-refractivity contribution in [3.63, 3.8) is 0 Å². The number of fused-ring (bicyclic) bond motifs is 1. The summed E-state index contributed by atoms with van der Waals surface area (Å²) >= 11 is 5.93. The maximum Gasteiger partial charge on any atom is 0.280 e. The van der Waals surface area contributed by atoms with Gasteiger partial charge < -0.3 is 19.3 Å². The number of imidazole rings is 1. The lowest BCUT2D eigenvalue weighted by molar-refractivity contribution is -0.134. The number of anilines is 1. The fraction of sp³-hybridized carbons (Fsp3) is 0.407. The molecule has 12 nitrogen and oxygen atoms in total. The van der Waals surface area contributed by atoms with Crippen molar-refractivity contribution in [3.05, 3.63) is 65.6 Å². The Labute approximate surface area is 251 Å². The van der Waals surface area contributed by atoms with Gasteiger partial charge in [-0.3, -0.25) is 9.52 Å². The SMILES string of the molecule is C[C@@H]1CN([C@@H](C)CO)C(=O)Cc2cc(NS(=O)(=O)c3cn(C)cn3)ccc2O[C@@H]1CN(C)S(=O)(=O)c1ccc(Cl)cc1. The fourth-order valence-electron chi connectivity index (χ4n) is 4.58. The number of sulfonamides is 2. The summed E-state index contributed by atoms with van der Waals surface area (Å²) in [5.74, 6) is -0.323. The number of carbonyl (C=O) groups is 1. The highest BCUT2D eigenvalue weighted by molar-refractivity contribution is 7.92. The van der Waals surface area contributed by atoms with E-state index in [0.717, 1.165) is 0 Å². The summed E-state index contributed by atoms with van der Waals surface area (Å²) in [7, 11) is -4.79. The number of aliphatic hydroxyl groups excluding tert-OH is 1. The summed E-state index contributed by atoms with van der Waals surface area (Å²) < 4.78 is 63.9. The second-order valence-electron chi connectivity index (χ2n) is 10.4. The predicted molar refractivity (Wildman–Crippen MR) is 157 cm³/mol. The Balaban J connectivity index is 1.68. The van der Waals surface area contributed by atoms with Crippen molar-refractivity contribution in [2.75, 3.05) is 31.5 Å². The molecular weight excluding hydrogens is 606 g/mol. The molecular formula is C27H34ClN5O7S2. The van der Waals surface area contributed by atoms with E-state index in [1.807, 2.05) is 6.92 Å². The smallest absolute Gasteiger partial charge is 0.280 e. The van der Waals surface area contributed by atoms with Crippen LogP contribution < -0.4 is 9.46 Å².